The first kappa shape index (κ1) is 16.2. The molecule has 0 saturated carbocycles. The molecule has 0 aliphatic carbocycles. The highest BCUT2D eigenvalue weighted by atomic mass is 35.5. The average Bonchev–Trinajstić information content (AvgIpc) is 2.60. The second-order valence-electron chi connectivity index (χ2n) is 5.48. The Morgan fingerprint density at radius 2 is 1.96 bits per heavy atom. The van der Waals surface area contributed by atoms with Gasteiger partial charge in [0.05, 0.1) is 5.52 Å². The van der Waals surface area contributed by atoms with Crippen LogP contribution in [0.4, 0.5) is 5.69 Å². The van der Waals surface area contributed by atoms with Crippen molar-refractivity contribution >= 4 is 34.3 Å². The fourth-order valence-corrected chi connectivity index (χ4v) is 3.11. The van der Waals surface area contributed by atoms with E-state index in [2.05, 4.69) is 11.9 Å². The molecule has 1 aromatic heterocycles. The molecule has 1 heterocycles. The van der Waals surface area contributed by atoms with Gasteiger partial charge in [0.15, 0.2) is 5.69 Å². The van der Waals surface area contributed by atoms with Crippen molar-refractivity contribution in [2.24, 2.45) is 12.0 Å². The van der Waals surface area contributed by atoms with E-state index in [1.54, 1.807) is 13.1 Å². The molecule has 2 aromatic carbocycles. The molecule has 3 rings (SSSR count). The number of benzene rings is 2. The van der Waals surface area contributed by atoms with Gasteiger partial charge >= 0.3 is 0 Å². The first-order valence-electron chi connectivity index (χ1n) is 7.56. The van der Waals surface area contributed by atoms with Crippen LogP contribution in [0, 0.1) is 0 Å². The van der Waals surface area contributed by atoms with E-state index in [0.29, 0.717) is 16.1 Å². The Balaban J connectivity index is 2.59. The number of aryl methyl sites for hydroxylation is 2. The predicted octanol–water partition coefficient (Wildman–Crippen LogP) is 4.39. The van der Waals surface area contributed by atoms with Gasteiger partial charge in [-0.05, 0) is 30.2 Å². The number of pyridine rings is 1. The van der Waals surface area contributed by atoms with Gasteiger partial charge in [-0.25, -0.2) is 4.79 Å². The molecule has 0 amide bonds. The number of nitrogens with zero attached hydrogens (tertiary/aromatic N) is 2. The summed E-state index contributed by atoms with van der Waals surface area (Å²) in [5, 5.41) is 1.33. The summed E-state index contributed by atoms with van der Waals surface area (Å²) in [6.07, 6.45) is 2.35. The van der Waals surface area contributed by atoms with Gasteiger partial charge in [0.1, 0.15) is 0 Å². The summed E-state index contributed by atoms with van der Waals surface area (Å²) < 4.78 is 1.49. The second kappa shape index (κ2) is 6.44. The van der Waals surface area contributed by atoms with Crippen LogP contribution < -0.4 is 5.56 Å². The number of isocyanates is 1. The maximum Gasteiger partial charge on any atom is 0.278 e. The van der Waals surface area contributed by atoms with E-state index >= 15 is 0 Å². The van der Waals surface area contributed by atoms with Crippen LogP contribution >= 0.6 is 11.6 Å². The Hall–Kier alpha value is -2.68. The van der Waals surface area contributed by atoms with Crippen molar-refractivity contribution in [3.8, 4) is 11.1 Å². The minimum Gasteiger partial charge on any atom is -0.309 e. The third-order valence-electron chi connectivity index (χ3n) is 4.14. The van der Waals surface area contributed by atoms with Gasteiger partial charge in [-0.15, -0.1) is 0 Å². The SMILES string of the molecule is CCc1ccc2c(c1)c(-c1ccccc1Cl)c(N=C=O)c(=O)n2C. The number of carbonyl (C=O) groups excluding carboxylic acids is 1. The van der Waals surface area contributed by atoms with E-state index in [0.717, 1.165) is 22.9 Å². The zero-order chi connectivity index (χ0) is 17.3. The third-order valence-corrected chi connectivity index (χ3v) is 4.47. The lowest BCUT2D eigenvalue weighted by molar-refractivity contribution is 0.565. The summed E-state index contributed by atoms with van der Waals surface area (Å²) in [6, 6.07) is 13.1. The van der Waals surface area contributed by atoms with E-state index < -0.39 is 0 Å². The second-order valence-corrected chi connectivity index (χ2v) is 5.88. The smallest absolute Gasteiger partial charge is 0.278 e. The Morgan fingerprint density at radius 3 is 2.62 bits per heavy atom. The maximum atomic E-state index is 12.7. The van der Waals surface area contributed by atoms with Crippen LogP contribution in [0.3, 0.4) is 0 Å². The molecule has 0 N–H and O–H groups in total. The third kappa shape index (κ3) is 2.56. The van der Waals surface area contributed by atoms with Crippen molar-refractivity contribution in [1.29, 1.82) is 0 Å². The first-order chi connectivity index (χ1) is 11.6. The fourth-order valence-electron chi connectivity index (χ4n) is 2.88. The van der Waals surface area contributed by atoms with Crippen LogP contribution in [0.2, 0.25) is 5.02 Å². The van der Waals surface area contributed by atoms with E-state index in [1.807, 2.05) is 36.4 Å². The summed E-state index contributed by atoms with van der Waals surface area (Å²) in [6.45, 7) is 2.06. The number of aromatic nitrogens is 1. The van der Waals surface area contributed by atoms with Gasteiger partial charge in [0.25, 0.3) is 5.56 Å². The van der Waals surface area contributed by atoms with Crippen LogP contribution in [-0.2, 0) is 18.3 Å². The standard InChI is InChI=1S/C19H15ClN2O2/c1-3-12-8-9-16-14(10-12)17(13-6-4-5-7-15(13)20)18(21-11-23)19(24)22(16)2/h4-10H,3H2,1-2H3. The summed E-state index contributed by atoms with van der Waals surface area (Å²) in [4.78, 5) is 27.3. The molecule has 0 aliphatic heterocycles. The predicted molar refractivity (Wildman–Crippen MR) is 96.8 cm³/mol. The highest BCUT2D eigenvalue weighted by molar-refractivity contribution is 6.34. The molecule has 0 spiro atoms. The molecular weight excluding hydrogens is 324 g/mol. The van der Waals surface area contributed by atoms with Crippen molar-refractivity contribution in [1.82, 2.24) is 4.57 Å². The number of rotatable bonds is 3. The summed E-state index contributed by atoms with van der Waals surface area (Å²) >= 11 is 6.35. The van der Waals surface area contributed by atoms with Crippen molar-refractivity contribution in [3.63, 3.8) is 0 Å². The monoisotopic (exact) mass is 338 g/mol. The van der Waals surface area contributed by atoms with Gasteiger partial charge in [0.2, 0.25) is 6.08 Å². The van der Waals surface area contributed by atoms with Gasteiger partial charge in [-0.1, -0.05) is 42.8 Å². The topological polar surface area (TPSA) is 51.4 Å². The summed E-state index contributed by atoms with van der Waals surface area (Å²) in [7, 11) is 1.66. The molecule has 4 nitrogen and oxygen atoms in total. The molecule has 0 radical (unpaired) electrons. The van der Waals surface area contributed by atoms with E-state index in [4.69, 9.17) is 11.6 Å². The summed E-state index contributed by atoms with van der Waals surface area (Å²) in [5.74, 6) is 0. The molecule has 0 unspecified atom stereocenters. The molecule has 120 valence electrons. The largest absolute Gasteiger partial charge is 0.309 e. The lowest BCUT2D eigenvalue weighted by atomic mass is 9.97. The highest BCUT2D eigenvalue weighted by Crippen LogP contribution is 2.38. The number of aliphatic imine (C=N–C) groups is 1. The van der Waals surface area contributed by atoms with Gasteiger partial charge in [-0.3, -0.25) is 4.79 Å². The molecule has 0 fully saturated rings. The number of halogens is 1. The van der Waals surface area contributed by atoms with Crippen molar-refractivity contribution in [2.75, 3.05) is 0 Å². The Bertz CT molecular complexity index is 1050. The Morgan fingerprint density at radius 1 is 1.21 bits per heavy atom. The number of hydrogen-bond acceptors (Lipinski definition) is 3. The van der Waals surface area contributed by atoms with Crippen molar-refractivity contribution < 1.29 is 4.79 Å². The van der Waals surface area contributed by atoms with E-state index in [-0.39, 0.29) is 11.2 Å². The van der Waals surface area contributed by atoms with Crippen LogP contribution in [0.5, 0.6) is 0 Å². The van der Waals surface area contributed by atoms with E-state index in [9.17, 15) is 9.59 Å². The normalized spacial score (nSPS) is 10.6. The molecule has 0 saturated heterocycles. The molecule has 3 aromatic rings. The zero-order valence-electron chi connectivity index (χ0n) is 13.3. The zero-order valence-corrected chi connectivity index (χ0v) is 14.1. The number of fused-ring (bicyclic) bond motifs is 1. The quantitative estimate of drug-likeness (QED) is 0.525. The Labute approximate surface area is 144 Å². The first-order valence-corrected chi connectivity index (χ1v) is 7.94. The van der Waals surface area contributed by atoms with Gasteiger partial charge < -0.3 is 4.57 Å². The van der Waals surface area contributed by atoms with Crippen LogP contribution in [0.15, 0.2) is 52.3 Å². The molecule has 0 atom stereocenters. The van der Waals surface area contributed by atoms with Crippen LogP contribution in [0.1, 0.15) is 12.5 Å². The highest BCUT2D eigenvalue weighted by Gasteiger charge is 2.18. The fraction of sp³-hybridized carbons (Fsp3) is 0.158. The summed E-state index contributed by atoms with van der Waals surface area (Å²) in [5.41, 5.74) is 2.82. The Kier molecular flexibility index (Phi) is 4.34. The molecular formula is C19H15ClN2O2. The van der Waals surface area contributed by atoms with Gasteiger partial charge in [0, 0.05) is 28.6 Å². The van der Waals surface area contributed by atoms with Crippen LogP contribution in [0.25, 0.3) is 22.0 Å². The van der Waals surface area contributed by atoms with Crippen LogP contribution in [-0.4, -0.2) is 10.6 Å². The minimum absolute atomic E-state index is 0.0568. The molecule has 5 heteroatoms. The lowest BCUT2D eigenvalue weighted by Crippen LogP contribution is -2.17. The molecule has 0 bridgehead atoms. The van der Waals surface area contributed by atoms with Gasteiger partial charge in [-0.2, -0.15) is 4.99 Å². The molecule has 0 aliphatic rings. The van der Waals surface area contributed by atoms with Crippen molar-refractivity contribution in [3.05, 3.63) is 63.4 Å². The minimum atomic E-state index is -0.356. The lowest BCUT2D eigenvalue weighted by Gasteiger charge is -2.15. The maximum absolute atomic E-state index is 12.7. The average molecular weight is 339 g/mol. The van der Waals surface area contributed by atoms with Crippen molar-refractivity contribution in [2.45, 2.75) is 13.3 Å². The van der Waals surface area contributed by atoms with E-state index in [1.165, 1.54) is 10.6 Å². The molecule has 24 heavy (non-hydrogen) atoms. The number of hydrogen-bond donors (Lipinski definition) is 0.